The summed E-state index contributed by atoms with van der Waals surface area (Å²) in [6, 6.07) is 0. The number of aliphatic hydroxyl groups excluding tert-OH is 1. The van der Waals surface area contributed by atoms with Gasteiger partial charge in [0.15, 0.2) is 29.1 Å². The highest BCUT2D eigenvalue weighted by Crippen LogP contribution is 2.23. The molecule has 0 amide bonds. The SMILES string of the molecule is CCOC(=O)C(O)=CC(=O)c1c(F)c(F)c(F)c(F)c1F. The van der Waals surface area contributed by atoms with Gasteiger partial charge in [0.05, 0.1) is 12.2 Å². The largest absolute Gasteiger partial charge is 0.502 e. The number of rotatable bonds is 4. The van der Waals surface area contributed by atoms with Gasteiger partial charge in [0.25, 0.3) is 0 Å². The molecule has 114 valence electrons. The molecule has 0 aliphatic heterocycles. The van der Waals surface area contributed by atoms with Crippen molar-refractivity contribution in [2.45, 2.75) is 6.92 Å². The van der Waals surface area contributed by atoms with Crippen LogP contribution in [0.2, 0.25) is 0 Å². The first-order valence-electron chi connectivity index (χ1n) is 5.35. The molecule has 1 N–H and O–H groups in total. The topological polar surface area (TPSA) is 63.6 Å². The van der Waals surface area contributed by atoms with E-state index in [-0.39, 0.29) is 12.7 Å². The fourth-order valence-electron chi connectivity index (χ4n) is 1.28. The average molecular weight is 310 g/mol. The van der Waals surface area contributed by atoms with Gasteiger partial charge in [-0.2, -0.15) is 0 Å². The Bertz CT molecular complexity index is 610. The van der Waals surface area contributed by atoms with E-state index in [4.69, 9.17) is 5.11 Å². The summed E-state index contributed by atoms with van der Waals surface area (Å²) in [4.78, 5) is 22.4. The number of benzene rings is 1. The molecule has 1 aromatic carbocycles. The van der Waals surface area contributed by atoms with E-state index < -0.39 is 52.2 Å². The molecule has 0 radical (unpaired) electrons. The molecule has 0 aliphatic rings. The summed E-state index contributed by atoms with van der Waals surface area (Å²) in [5, 5.41) is 9.11. The van der Waals surface area contributed by atoms with Crippen molar-refractivity contribution in [1.82, 2.24) is 0 Å². The molecule has 9 heteroatoms. The van der Waals surface area contributed by atoms with Gasteiger partial charge >= 0.3 is 5.97 Å². The number of carbonyl (C=O) groups excluding carboxylic acids is 2. The average Bonchev–Trinajstić information content (AvgIpc) is 2.43. The van der Waals surface area contributed by atoms with E-state index in [1.54, 1.807) is 0 Å². The smallest absolute Gasteiger partial charge is 0.373 e. The maximum Gasteiger partial charge on any atom is 0.373 e. The quantitative estimate of drug-likeness (QED) is 0.177. The van der Waals surface area contributed by atoms with Gasteiger partial charge in [-0.1, -0.05) is 0 Å². The molecular formula is C12H7F5O4. The normalized spacial score (nSPS) is 11.4. The van der Waals surface area contributed by atoms with E-state index in [9.17, 15) is 31.5 Å². The predicted octanol–water partition coefficient (Wildman–Crippen LogP) is 2.57. The highest BCUT2D eigenvalue weighted by atomic mass is 19.2. The van der Waals surface area contributed by atoms with Crippen molar-refractivity contribution in [3.63, 3.8) is 0 Å². The van der Waals surface area contributed by atoms with Gasteiger partial charge in [-0.3, -0.25) is 4.79 Å². The van der Waals surface area contributed by atoms with Crippen LogP contribution in [0.4, 0.5) is 22.0 Å². The first kappa shape index (κ1) is 16.6. The van der Waals surface area contributed by atoms with Crippen LogP contribution in [0, 0.1) is 29.1 Å². The molecule has 0 fully saturated rings. The molecule has 1 aromatic rings. The third kappa shape index (κ3) is 3.18. The van der Waals surface area contributed by atoms with Crippen molar-refractivity contribution < 1.29 is 41.4 Å². The number of ketones is 1. The van der Waals surface area contributed by atoms with Crippen LogP contribution < -0.4 is 0 Å². The summed E-state index contributed by atoms with van der Waals surface area (Å²) in [6.07, 6.45) is -0.00370. The molecule has 0 unspecified atom stereocenters. The summed E-state index contributed by atoms with van der Waals surface area (Å²) in [7, 11) is 0. The van der Waals surface area contributed by atoms with Crippen LogP contribution in [-0.2, 0) is 9.53 Å². The molecule has 0 heterocycles. The Labute approximate surface area is 114 Å². The van der Waals surface area contributed by atoms with Gasteiger partial charge in [-0.05, 0) is 6.92 Å². The third-order valence-electron chi connectivity index (χ3n) is 2.21. The Kier molecular flexibility index (Phi) is 5.01. The summed E-state index contributed by atoms with van der Waals surface area (Å²) in [5.74, 6) is -16.3. The van der Waals surface area contributed by atoms with Gasteiger partial charge in [0.1, 0.15) is 0 Å². The van der Waals surface area contributed by atoms with E-state index >= 15 is 0 Å². The molecule has 21 heavy (non-hydrogen) atoms. The van der Waals surface area contributed by atoms with Crippen LogP contribution >= 0.6 is 0 Å². The molecule has 1 rings (SSSR count). The summed E-state index contributed by atoms with van der Waals surface area (Å²) < 4.78 is 69.4. The molecule has 4 nitrogen and oxygen atoms in total. The Hall–Kier alpha value is -2.45. The molecular weight excluding hydrogens is 303 g/mol. The van der Waals surface area contributed by atoms with Crippen LogP contribution in [0.1, 0.15) is 17.3 Å². The lowest BCUT2D eigenvalue weighted by Crippen LogP contribution is -2.14. The molecule has 0 bridgehead atoms. The van der Waals surface area contributed by atoms with Crippen LogP contribution in [0.5, 0.6) is 0 Å². The lowest BCUT2D eigenvalue weighted by molar-refractivity contribution is -0.141. The van der Waals surface area contributed by atoms with E-state index in [0.29, 0.717) is 0 Å². The number of aliphatic hydroxyl groups is 1. The zero-order chi connectivity index (χ0) is 16.3. The van der Waals surface area contributed by atoms with Crippen molar-refractivity contribution in [2.24, 2.45) is 0 Å². The zero-order valence-corrected chi connectivity index (χ0v) is 10.3. The zero-order valence-electron chi connectivity index (χ0n) is 10.3. The molecule has 0 saturated carbocycles. The van der Waals surface area contributed by atoms with Crippen LogP contribution in [0.25, 0.3) is 0 Å². The lowest BCUT2D eigenvalue weighted by Gasteiger charge is -2.05. The van der Waals surface area contributed by atoms with Crippen molar-refractivity contribution in [3.8, 4) is 0 Å². The second kappa shape index (κ2) is 6.33. The number of ether oxygens (including phenoxy) is 1. The maximum atomic E-state index is 13.3. The predicted molar refractivity (Wildman–Crippen MR) is 57.9 cm³/mol. The fraction of sp³-hybridized carbons (Fsp3) is 0.167. The summed E-state index contributed by atoms with van der Waals surface area (Å²) >= 11 is 0. The second-order valence-electron chi connectivity index (χ2n) is 3.56. The standard InChI is InChI=1S/C12H7F5O4/c1-2-21-12(20)5(19)3-4(18)6-7(13)9(15)11(17)10(16)8(6)14/h3,19H,2H2,1H3. The van der Waals surface area contributed by atoms with Crippen molar-refractivity contribution in [1.29, 1.82) is 0 Å². The minimum absolute atomic E-state index is 0.00370. The first-order valence-corrected chi connectivity index (χ1v) is 5.35. The number of allylic oxidation sites excluding steroid dienone is 1. The van der Waals surface area contributed by atoms with E-state index in [1.807, 2.05) is 0 Å². The van der Waals surface area contributed by atoms with Gasteiger partial charge in [0.2, 0.25) is 11.6 Å². The molecule has 0 spiro atoms. The summed E-state index contributed by atoms with van der Waals surface area (Å²) in [6.45, 7) is 1.20. The fourth-order valence-corrected chi connectivity index (χ4v) is 1.28. The Morgan fingerprint density at radius 1 is 1.00 bits per heavy atom. The number of esters is 1. The number of hydrogen-bond donors (Lipinski definition) is 1. The highest BCUT2D eigenvalue weighted by Gasteiger charge is 2.29. The van der Waals surface area contributed by atoms with E-state index in [0.717, 1.165) is 0 Å². The Balaban J connectivity index is 3.33. The van der Waals surface area contributed by atoms with Gasteiger partial charge in [-0.25, -0.2) is 26.7 Å². The maximum absolute atomic E-state index is 13.3. The van der Waals surface area contributed by atoms with Crippen LogP contribution in [0.3, 0.4) is 0 Å². The third-order valence-corrected chi connectivity index (χ3v) is 2.21. The van der Waals surface area contributed by atoms with Gasteiger partial charge < -0.3 is 9.84 Å². The minimum Gasteiger partial charge on any atom is -0.502 e. The number of halogens is 5. The van der Waals surface area contributed by atoms with Gasteiger partial charge in [0, 0.05) is 6.08 Å². The Morgan fingerprint density at radius 3 is 1.86 bits per heavy atom. The molecule has 0 saturated heterocycles. The molecule has 0 atom stereocenters. The van der Waals surface area contributed by atoms with Crippen LogP contribution in [0.15, 0.2) is 11.8 Å². The number of hydrogen-bond acceptors (Lipinski definition) is 4. The Morgan fingerprint density at radius 2 is 1.43 bits per heavy atom. The first-order chi connectivity index (χ1) is 9.72. The van der Waals surface area contributed by atoms with Crippen molar-refractivity contribution in [2.75, 3.05) is 6.61 Å². The molecule has 0 aliphatic carbocycles. The second-order valence-corrected chi connectivity index (χ2v) is 3.56. The van der Waals surface area contributed by atoms with E-state index in [1.165, 1.54) is 6.92 Å². The summed E-state index contributed by atoms with van der Waals surface area (Å²) in [5.41, 5.74) is -1.79. The highest BCUT2D eigenvalue weighted by molar-refractivity contribution is 6.08. The molecule has 0 aromatic heterocycles. The monoisotopic (exact) mass is 310 g/mol. The lowest BCUT2D eigenvalue weighted by atomic mass is 10.1. The van der Waals surface area contributed by atoms with Gasteiger partial charge in [-0.15, -0.1) is 0 Å². The number of carbonyl (C=O) groups is 2. The van der Waals surface area contributed by atoms with E-state index in [2.05, 4.69) is 4.74 Å². The van der Waals surface area contributed by atoms with Crippen molar-refractivity contribution >= 4 is 11.8 Å². The van der Waals surface area contributed by atoms with Crippen LogP contribution in [-0.4, -0.2) is 23.5 Å². The minimum atomic E-state index is -2.43. The van der Waals surface area contributed by atoms with Crippen molar-refractivity contribution in [3.05, 3.63) is 46.5 Å².